The smallest absolute Gasteiger partial charge is 0.248 e. The molecule has 1 spiro atoms. The van der Waals surface area contributed by atoms with Crippen molar-refractivity contribution in [3.63, 3.8) is 0 Å². The van der Waals surface area contributed by atoms with Gasteiger partial charge in [-0.3, -0.25) is 9.69 Å². The molecular weight excluding hydrogens is 416 g/mol. The van der Waals surface area contributed by atoms with E-state index < -0.39 is 0 Å². The second-order valence-electron chi connectivity index (χ2n) is 8.48. The van der Waals surface area contributed by atoms with Gasteiger partial charge >= 0.3 is 0 Å². The number of nitrogens with zero attached hydrogens (tertiary/aromatic N) is 4. The van der Waals surface area contributed by atoms with Crippen LogP contribution < -0.4 is 14.2 Å². The van der Waals surface area contributed by atoms with E-state index in [-0.39, 0.29) is 23.8 Å². The summed E-state index contributed by atoms with van der Waals surface area (Å²) in [6.45, 7) is 5.43. The number of ether oxygens (including phenoxy) is 4. The van der Waals surface area contributed by atoms with Gasteiger partial charge in [0.15, 0.2) is 17.3 Å². The first kappa shape index (κ1) is 22.3. The lowest BCUT2D eigenvalue weighted by Gasteiger charge is -2.50. The Bertz CT molecular complexity index is 946. The van der Waals surface area contributed by atoms with Crippen LogP contribution in [0.4, 0.5) is 0 Å². The number of hydrogen-bond acceptors (Lipinski definition) is 9. The average molecular weight is 447 g/mol. The van der Waals surface area contributed by atoms with Gasteiger partial charge in [0.2, 0.25) is 17.5 Å². The Morgan fingerprint density at radius 1 is 1.12 bits per heavy atom. The van der Waals surface area contributed by atoms with Crippen LogP contribution in [-0.4, -0.2) is 87.1 Å². The minimum atomic E-state index is -0.122. The van der Waals surface area contributed by atoms with Crippen LogP contribution in [0.3, 0.4) is 0 Å². The minimum absolute atomic E-state index is 0.000644. The molecule has 0 bridgehead atoms. The fourth-order valence-corrected chi connectivity index (χ4v) is 4.93. The zero-order chi connectivity index (χ0) is 22.9. The van der Waals surface area contributed by atoms with Gasteiger partial charge in [0, 0.05) is 45.2 Å². The predicted octanol–water partition coefficient (Wildman–Crippen LogP) is 1.48. The average Bonchev–Trinajstić information content (AvgIpc) is 3.36. The van der Waals surface area contributed by atoms with E-state index in [4.69, 9.17) is 23.5 Å². The van der Waals surface area contributed by atoms with Gasteiger partial charge in [-0.05, 0) is 24.6 Å². The number of benzene rings is 1. The SMILES string of the molecule is COCC(=O)N1CC(c2nc(C)no2)C2(CN(Cc3cc(OC)c(OC)c(OC)c3)C2)C1. The summed E-state index contributed by atoms with van der Waals surface area (Å²) < 4.78 is 26.9. The molecule has 2 fully saturated rings. The highest BCUT2D eigenvalue weighted by molar-refractivity contribution is 5.78. The van der Waals surface area contributed by atoms with Crippen molar-refractivity contribution < 1.29 is 28.3 Å². The molecule has 10 heteroatoms. The van der Waals surface area contributed by atoms with Crippen molar-refractivity contribution in [3.05, 3.63) is 29.4 Å². The molecule has 1 aromatic carbocycles. The quantitative estimate of drug-likeness (QED) is 0.597. The number of carbonyl (C=O) groups excluding carboxylic acids is 1. The molecule has 2 aliphatic rings. The molecule has 10 nitrogen and oxygen atoms in total. The third-order valence-corrected chi connectivity index (χ3v) is 6.32. The maximum absolute atomic E-state index is 12.5. The van der Waals surface area contributed by atoms with Gasteiger partial charge in [-0.1, -0.05) is 5.16 Å². The van der Waals surface area contributed by atoms with Gasteiger partial charge in [-0.25, -0.2) is 0 Å². The van der Waals surface area contributed by atoms with E-state index in [1.54, 1.807) is 28.3 Å². The van der Waals surface area contributed by atoms with E-state index in [0.717, 1.165) is 25.2 Å². The number of likely N-dealkylation sites (tertiary alicyclic amines) is 2. The summed E-state index contributed by atoms with van der Waals surface area (Å²) in [5.41, 5.74) is 0.938. The predicted molar refractivity (Wildman–Crippen MR) is 114 cm³/mol. The van der Waals surface area contributed by atoms with Crippen molar-refractivity contribution in [2.24, 2.45) is 5.41 Å². The Morgan fingerprint density at radius 3 is 2.34 bits per heavy atom. The summed E-state index contributed by atoms with van der Waals surface area (Å²) >= 11 is 0. The number of hydrogen-bond donors (Lipinski definition) is 0. The molecule has 0 N–H and O–H groups in total. The zero-order valence-electron chi connectivity index (χ0n) is 19.2. The van der Waals surface area contributed by atoms with Crippen molar-refractivity contribution in [1.82, 2.24) is 19.9 Å². The van der Waals surface area contributed by atoms with Crippen molar-refractivity contribution in [1.29, 1.82) is 0 Å². The van der Waals surface area contributed by atoms with Gasteiger partial charge in [-0.15, -0.1) is 0 Å². The molecule has 1 aromatic heterocycles. The van der Waals surface area contributed by atoms with Crippen LogP contribution in [0.1, 0.15) is 23.2 Å². The second kappa shape index (κ2) is 8.95. The lowest BCUT2D eigenvalue weighted by Crippen LogP contribution is -2.59. The number of rotatable bonds is 8. The number of methoxy groups -OCH3 is 4. The standard InChI is InChI=1S/C22H30N4O6/c1-14-23-21(32-24-14)16-9-26(19(27)10-28-2)13-22(16)11-25(12-22)8-15-6-17(29-3)20(31-5)18(7-15)30-4/h6-7,16H,8-13H2,1-5H3. The fourth-order valence-electron chi connectivity index (χ4n) is 4.93. The molecule has 0 radical (unpaired) electrons. The third-order valence-electron chi connectivity index (χ3n) is 6.32. The molecule has 1 atom stereocenters. The lowest BCUT2D eigenvalue weighted by molar-refractivity contribution is -0.135. The van der Waals surface area contributed by atoms with E-state index >= 15 is 0 Å². The number of aryl methyl sites for hydroxylation is 1. The van der Waals surface area contributed by atoms with E-state index in [1.807, 2.05) is 17.0 Å². The summed E-state index contributed by atoms with van der Waals surface area (Å²) in [7, 11) is 6.35. The maximum atomic E-state index is 12.5. The van der Waals surface area contributed by atoms with Crippen LogP contribution in [0, 0.1) is 12.3 Å². The van der Waals surface area contributed by atoms with Crippen LogP contribution >= 0.6 is 0 Å². The number of amides is 1. The highest BCUT2D eigenvalue weighted by Gasteiger charge is 2.57. The molecule has 0 saturated carbocycles. The molecule has 0 aliphatic carbocycles. The van der Waals surface area contributed by atoms with Crippen LogP contribution in [0.5, 0.6) is 17.2 Å². The van der Waals surface area contributed by atoms with Crippen LogP contribution in [-0.2, 0) is 16.1 Å². The van der Waals surface area contributed by atoms with Gasteiger partial charge in [-0.2, -0.15) is 4.98 Å². The van der Waals surface area contributed by atoms with Crippen molar-refractivity contribution in [2.45, 2.75) is 19.4 Å². The van der Waals surface area contributed by atoms with Gasteiger partial charge in [0.1, 0.15) is 6.61 Å². The molecular formula is C22H30N4O6. The largest absolute Gasteiger partial charge is 0.493 e. The first-order chi connectivity index (χ1) is 15.4. The highest BCUT2D eigenvalue weighted by Crippen LogP contribution is 2.49. The lowest BCUT2D eigenvalue weighted by atomic mass is 9.71. The normalized spacial score (nSPS) is 19.8. The summed E-state index contributed by atoms with van der Waals surface area (Å²) in [6.07, 6.45) is 0. The first-order valence-electron chi connectivity index (χ1n) is 10.5. The Kier molecular flexibility index (Phi) is 6.25. The van der Waals surface area contributed by atoms with Gasteiger partial charge in [0.05, 0.1) is 27.2 Å². The molecule has 3 heterocycles. The van der Waals surface area contributed by atoms with E-state index in [1.165, 1.54) is 7.11 Å². The number of carbonyl (C=O) groups is 1. The van der Waals surface area contributed by atoms with E-state index in [2.05, 4.69) is 15.0 Å². The van der Waals surface area contributed by atoms with Gasteiger partial charge < -0.3 is 28.4 Å². The van der Waals surface area contributed by atoms with Crippen molar-refractivity contribution >= 4 is 5.91 Å². The Morgan fingerprint density at radius 2 is 1.81 bits per heavy atom. The van der Waals surface area contributed by atoms with E-state index in [9.17, 15) is 4.79 Å². The Balaban J connectivity index is 1.51. The third kappa shape index (κ3) is 4.00. The minimum Gasteiger partial charge on any atom is -0.493 e. The fraction of sp³-hybridized carbons (Fsp3) is 0.591. The molecule has 2 saturated heterocycles. The van der Waals surface area contributed by atoms with Crippen LogP contribution in [0.25, 0.3) is 0 Å². The van der Waals surface area contributed by atoms with Crippen molar-refractivity contribution in [2.75, 3.05) is 61.2 Å². The van der Waals surface area contributed by atoms with Crippen LogP contribution in [0.2, 0.25) is 0 Å². The maximum Gasteiger partial charge on any atom is 0.248 e. The second-order valence-corrected chi connectivity index (χ2v) is 8.48. The van der Waals surface area contributed by atoms with E-state index in [0.29, 0.717) is 42.1 Å². The summed E-state index contributed by atoms with van der Waals surface area (Å²) in [4.78, 5) is 21.2. The summed E-state index contributed by atoms with van der Waals surface area (Å²) in [6, 6.07) is 3.93. The Labute approximate surface area is 187 Å². The van der Waals surface area contributed by atoms with Crippen LogP contribution in [0.15, 0.2) is 16.7 Å². The zero-order valence-corrected chi connectivity index (χ0v) is 19.2. The van der Waals surface area contributed by atoms with Crippen molar-refractivity contribution in [3.8, 4) is 17.2 Å². The molecule has 1 unspecified atom stereocenters. The first-order valence-corrected chi connectivity index (χ1v) is 10.5. The Hall–Kier alpha value is -2.85. The molecule has 1 amide bonds. The molecule has 2 aromatic rings. The molecule has 4 rings (SSSR count). The molecule has 174 valence electrons. The highest BCUT2D eigenvalue weighted by atomic mass is 16.5. The number of aromatic nitrogens is 2. The monoisotopic (exact) mass is 446 g/mol. The molecule has 32 heavy (non-hydrogen) atoms. The topological polar surface area (TPSA) is 99.4 Å². The van der Waals surface area contributed by atoms with Gasteiger partial charge in [0.25, 0.3) is 0 Å². The summed E-state index contributed by atoms with van der Waals surface area (Å²) in [5.74, 6) is 3.03. The molecule has 2 aliphatic heterocycles. The summed E-state index contributed by atoms with van der Waals surface area (Å²) in [5, 5.41) is 3.97.